The summed E-state index contributed by atoms with van der Waals surface area (Å²) in [7, 11) is 1.62. The van der Waals surface area contributed by atoms with Crippen LogP contribution in [0.5, 0.6) is 0 Å². The van der Waals surface area contributed by atoms with E-state index in [9.17, 15) is 9.59 Å². The van der Waals surface area contributed by atoms with Crippen molar-refractivity contribution in [3.8, 4) is 0 Å². The van der Waals surface area contributed by atoms with Crippen LogP contribution in [0.15, 0.2) is 0 Å². The fourth-order valence-corrected chi connectivity index (χ4v) is 2.04. The van der Waals surface area contributed by atoms with Crippen LogP contribution in [0.25, 0.3) is 0 Å². The van der Waals surface area contributed by atoms with Gasteiger partial charge in [0.05, 0.1) is 0 Å². The summed E-state index contributed by atoms with van der Waals surface area (Å²) in [6.45, 7) is 5.31. The molecule has 0 N–H and O–H groups in total. The molecule has 0 aliphatic rings. The van der Waals surface area contributed by atoms with Gasteiger partial charge in [0.1, 0.15) is 0 Å². The molecule has 1 aromatic heterocycles. The Morgan fingerprint density at radius 1 is 1.19 bits per heavy atom. The molecule has 0 fully saturated rings. The number of hydrogen-bond donors (Lipinski definition) is 0. The number of carbonyl (C=O) groups excluding carboxylic acids is 2. The van der Waals surface area contributed by atoms with Crippen molar-refractivity contribution >= 4 is 33.4 Å². The molecule has 1 heterocycles. The summed E-state index contributed by atoms with van der Waals surface area (Å²) in [5, 5.41) is 8.76. The molecule has 88 valence electrons. The van der Waals surface area contributed by atoms with E-state index in [0.717, 1.165) is 0 Å². The Bertz CT molecular complexity index is 404. The fraction of sp³-hybridized carbons (Fsp3) is 0.556. The lowest BCUT2D eigenvalue weighted by Gasteiger charge is -2.14. The van der Waals surface area contributed by atoms with Crippen molar-refractivity contribution in [3.63, 3.8) is 0 Å². The van der Waals surface area contributed by atoms with Gasteiger partial charge in [0.15, 0.2) is 0 Å². The maximum absolute atomic E-state index is 11.3. The van der Waals surface area contributed by atoms with Gasteiger partial charge in [-0.1, -0.05) is 11.3 Å². The van der Waals surface area contributed by atoms with Crippen LogP contribution in [0.1, 0.15) is 20.8 Å². The topological polar surface area (TPSA) is 66.4 Å². The second-order valence-electron chi connectivity index (χ2n) is 3.21. The number of carbonyl (C=O) groups is 2. The van der Waals surface area contributed by atoms with Crippen molar-refractivity contribution in [1.82, 2.24) is 10.2 Å². The van der Waals surface area contributed by atoms with Crippen LogP contribution in [-0.2, 0) is 9.59 Å². The Balaban J connectivity index is 2.93. The van der Waals surface area contributed by atoms with Crippen LogP contribution in [0.2, 0.25) is 0 Å². The third-order valence-corrected chi connectivity index (χ3v) is 3.11. The highest BCUT2D eigenvalue weighted by molar-refractivity contribution is 7.19. The van der Waals surface area contributed by atoms with Crippen LogP contribution in [-0.4, -0.2) is 35.6 Å². The molecule has 0 atom stereocenters. The van der Waals surface area contributed by atoms with E-state index in [1.54, 1.807) is 7.05 Å². The van der Waals surface area contributed by atoms with E-state index in [-0.39, 0.29) is 11.8 Å². The molecule has 0 aromatic carbocycles. The molecule has 0 bridgehead atoms. The number of hydrogen-bond acceptors (Lipinski definition) is 5. The monoisotopic (exact) mass is 242 g/mol. The summed E-state index contributed by atoms with van der Waals surface area (Å²) >= 11 is 1.22. The van der Waals surface area contributed by atoms with Crippen LogP contribution in [0.3, 0.4) is 0 Å². The number of anilines is 2. The summed E-state index contributed by atoms with van der Waals surface area (Å²) in [4.78, 5) is 25.3. The van der Waals surface area contributed by atoms with Crippen molar-refractivity contribution in [2.45, 2.75) is 20.8 Å². The number of nitrogens with zero attached hydrogens (tertiary/aromatic N) is 4. The second kappa shape index (κ2) is 5.02. The summed E-state index contributed by atoms with van der Waals surface area (Å²) in [5.74, 6) is -0.204. The molecular weight excluding hydrogens is 228 g/mol. The molecule has 0 saturated carbocycles. The first-order chi connectivity index (χ1) is 7.47. The van der Waals surface area contributed by atoms with E-state index < -0.39 is 0 Å². The molecule has 0 saturated heterocycles. The SMILES string of the molecule is CCN(C(C)=O)c1nnc(N(C)C(C)=O)s1. The quantitative estimate of drug-likeness (QED) is 0.789. The third-order valence-electron chi connectivity index (χ3n) is 2.09. The predicted molar refractivity (Wildman–Crippen MR) is 62.7 cm³/mol. The van der Waals surface area contributed by atoms with Crippen molar-refractivity contribution < 1.29 is 9.59 Å². The smallest absolute Gasteiger partial charge is 0.225 e. The molecule has 6 nitrogen and oxygen atoms in total. The lowest BCUT2D eigenvalue weighted by Crippen LogP contribution is -2.27. The highest BCUT2D eigenvalue weighted by Gasteiger charge is 2.17. The summed E-state index contributed by atoms with van der Waals surface area (Å²) in [5.41, 5.74) is 0. The highest BCUT2D eigenvalue weighted by atomic mass is 32.1. The summed E-state index contributed by atoms with van der Waals surface area (Å²) in [6, 6.07) is 0. The molecule has 0 aliphatic heterocycles. The molecule has 16 heavy (non-hydrogen) atoms. The Labute approximate surface area is 97.9 Å². The molecule has 0 unspecified atom stereocenters. The normalized spacial score (nSPS) is 10.0. The maximum Gasteiger partial charge on any atom is 0.225 e. The Morgan fingerprint density at radius 2 is 1.75 bits per heavy atom. The number of rotatable bonds is 3. The minimum atomic E-state index is -0.117. The van der Waals surface area contributed by atoms with E-state index >= 15 is 0 Å². The van der Waals surface area contributed by atoms with Gasteiger partial charge in [0, 0.05) is 27.4 Å². The van der Waals surface area contributed by atoms with Crippen LogP contribution >= 0.6 is 11.3 Å². The van der Waals surface area contributed by atoms with Gasteiger partial charge in [-0.25, -0.2) is 0 Å². The molecule has 1 aromatic rings. The van der Waals surface area contributed by atoms with E-state index in [4.69, 9.17) is 0 Å². The van der Waals surface area contributed by atoms with E-state index in [2.05, 4.69) is 10.2 Å². The Kier molecular flexibility index (Phi) is 3.94. The van der Waals surface area contributed by atoms with E-state index in [0.29, 0.717) is 16.8 Å². The molecular formula is C9H14N4O2S. The van der Waals surface area contributed by atoms with Gasteiger partial charge in [-0.2, -0.15) is 0 Å². The lowest BCUT2D eigenvalue weighted by molar-refractivity contribution is -0.117. The number of aromatic nitrogens is 2. The number of amides is 2. The average molecular weight is 242 g/mol. The molecule has 2 amide bonds. The summed E-state index contributed by atoms with van der Waals surface area (Å²) < 4.78 is 0. The van der Waals surface area contributed by atoms with Gasteiger partial charge in [-0.05, 0) is 6.92 Å². The van der Waals surface area contributed by atoms with E-state index in [1.807, 2.05) is 6.92 Å². The van der Waals surface area contributed by atoms with Crippen molar-refractivity contribution in [1.29, 1.82) is 0 Å². The lowest BCUT2D eigenvalue weighted by atomic mass is 10.5. The van der Waals surface area contributed by atoms with Gasteiger partial charge in [0.25, 0.3) is 0 Å². The first-order valence-corrected chi connectivity index (χ1v) is 5.65. The molecule has 1 rings (SSSR count). The molecule has 7 heteroatoms. The van der Waals surface area contributed by atoms with Crippen molar-refractivity contribution in [3.05, 3.63) is 0 Å². The Hall–Kier alpha value is -1.50. The fourth-order valence-electron chi connectivity index (χ4n) is 1.08. The summed E-state index contributed by atoms with van der Waals surface area (Å²) in [6.07, 6.45) is 0. The minimum absolute atomic E-state index is 0.0873. The molecule has 0 aliphatic carbocycles. The zero-order chi connectivity index (χ0) is 12.3. The average Bonchev–Trinajstić information content (AvgIpc) is 2.66. The van der Waals surface area contributed by atoms with Gasteiger partial charge in [-0.15, -0.1) is 10.2 Å². The standard InChI is InChI=1S/C9H14N4O2S/c1-5-13(7(3)15)9-11-10-8(16-9)12(4)6(2)14/h5H2,1-4H3. The highest BCUT2D eigenvalue weighted by Crippen LogP contribution is 2.26. The van der Waals surface area contributed by atoms with Crippen LogP contribution < -0.4 is 9.80 Å². The maximum atomic E-state index is 11.3. The largest absolute Gasteiger partial charge is 0.290 e. The van der Waals surface area contributed by atoms with Crippen molar-refractivity contribution in [2.24, 2.45) is 0 Å². The first-order valence-electron chi connectivity index (χ1n) is 4.83. The minimum Gasteiger partial charge on any atom is -0.290 e. The van der Waals surface area contributed by atoms with Crippen molar-refractivity contribution in [2.75, 3.05) is 23.4 Å². The van der Waals surface area contributed by atoms with Crippen LogP contribution in [0, 0.1) is 0 Å². The van der Waals surface area contributed by atoms with Gasteiger partial charge < -0.3 is 0 Å². The zero-order valence-corrected chi connectivity index (χ0v) is 10.5. The molecule has 0 radical (unpaired) electrons. The van der Waals surface area contributed by atoms with Gasteiger partial charge in [-0.3, -0.25) is 19.4 Å². The molecule has 0 spiro atoms. The predicted octanol–water partition coefficient (Wildman–Crippen LogP) is 0.894. The first kappa shape index (κ1) is 12.6. The third kappa shape index (κ3) is 2.54. The zero-order valence-electron chi connectivity index (χ0n) is 9.72. The van der Waals surface area contributed by atoms with Gasteiger partial charge in [0.2, 0.25) is 22.1 Å². The Morgan fingerprint density at radius 3 is 2.19 bits per heavy atom. The van der Waals surface area contributed by atoms with Gasteiger partial charge >= 0.3 is 0 Å². The van der Waals surface area contributed by atoms with E-state index in [1.165, 1.54) is 35.0 Å². The van der Waals surface area contributed by atoms with Crippen LogP contribution in [0.4, 0.5) is 10.3 Å². The second-order valence-corrected chi connectivity index (χ2v) is 4.14.